The van der Waals surface area contributed by atoms with Crippen LogP contribution in [0.25, 0.3) is 11.4 Å². The molecule has 2 saturated carbocycles. The van der Waals surface area contributed by atoms with E-state index in [0.717, 1.165) is 17.8 Å². The van der Waals surface area contributed by atoms with Gasteiger partial charge in [-0.1, -0.05) is 45.6 Å². The van der Waals surface area contributed by atoms with Crippen molar-refractivity contribution in [2.45, 2.75) is 78.1 Å². The maximum absolute atomic E-state index is 4.75. The van der Waals surface area contributed by atoms with Crippen molar-refractivity contribution in [3.05, 3.63) is 47.8 Å². The SMILES string of the molecule is CC1(Cc2ccc(-c3cc(CC4(C)CCCC4)ccn3)nc2)CCCC1. The van der Waals surface area contributed by atoms with E-state index < -0.39 is 0 Å². The molecule has 0 aromatic carbocycles. The maximum atomic E-state index is 4.75. The summed E-state index contributed by atoms with van der Waals surface area (Å²) in [6.07, 6.45) is 17.3. The maximum Gasteiger partial charge on any atom is 0.0888 e. The molecule has 0 aliphatic heterocycles. The lowest BCUT2D eigenvalue weighted by Crippen LogP contribution is -2.15. The normalized spacial score (nSPS) is 21.2. The van der Waals surface area contributed by atoms with E-state index in [-0.39, 0.29) is 0 Å². The zero-order valence-electron chi connectivity index (χ0n) is 16.4. The molecule has 0 saturated heterocycles. The molecule has 0 amide bonds. The van der Waals surface area contributed by atoms with Gasteiger partial charge in [0.2, 0.25) is 0 Å². The average molecular weight is 349 g/mol. The van der Waals surface area contributed by atoms with Gasteiger partial charge in [0.25, 0.3) is 0 Å². The Morgan fingerprint density at radius 1 is 0.731 bits per heavy atom. The van der Waals surface area contributed by atoms with Crippen molar-refractivity contribution < 1.29 is 0 Å². The zero-order valence-corrected chi connectivity index (χ0v) is 16.4. The van der Waals surface area contributed by atoms with Crippen LogP contribution < -0.4 is 0 Å². The van der Waals surface area contributed by atoms with Gasteiger partial charge in [0, 0.05) is 12.4 Å². The van der Waals surface area contributed by atoms with Crippen LogP contribution in [0.1, 0.15) is 76.3 Å². The van der Waals surface area contributed by atoms with E-state index in [2.05, 4.69) is 49.3 Å². The van der Waals surface area contributed by atoms with Gasteiger partial charge in [0.15, 0.2) is 0 Å². The van der Waals surface area contributed by atoms with Crippen LogP contribution in [0.4, 0.5) is 0 Å². The first kappa shape index (κ1) is 17.7. The monoisotopic (exact) mass is 348 g/mol. The predicted octanol–water partition coefficient (Wildman–Crippen LogP) is 6.39. The molecular formula is C24H32N2. The Hall–Kier alpha value is -1.70. The lowest BCUT2D eigenvalue weighted by atomic mass is 9.82. The summed E-state index contributed by atoms with van der Waals surface area (Å²) in [5, 5.41) is 0. The van der Waals surface area contributed by atoms with Crippen LogP contribution in [-0.2, 0) is 12.8 Å². The highest BCUT2D eigenvalue weighted by atomic mass is 14.8. The van der Waals surface area contributed by atoms with Crippen molar-refractivity contribution in [3.63, 3.8) is 0 Å². The first-order valence-corrected chi connectivity index (χ1v) is 10.4. The van der Waals surface area contributed by atoms with Crippen molar-refractivity contribution in [1.82, 2.24) is 9.97 Å². The Balaban J connectivity index is 1.48. The molecule has 2 aliphatic carbocycles. The molecule has 0 N–H and O–H groups in total. The fourth-order valence-electron chi connectivity index (χ4n) is 5.20. The fraction of sp³-hybridized carbons (Fsp3) is 0.583. The van der Waals surface area contributed by atoms with Crippen LogP contribution in [0.15, 0.2) is 36.7 Å². The smallest absolute Gasteiger partial charge is 0.0888 e. The highest BCUT2D eigenvalue weighted by Crippen LogP contribution is 2.41. The van der Waals surface area contributed by atoms with Gasteiger partial charge in [-0.15, -0.1) is 0 Å². The second kappa shape index (κ2) is 7.13. The van der Waals surface area contributed by atoms with E-state index in [1.807, 2.05) is 6.20 Å². The minimum Gasteiger partial charge on any atom is -0.255 e. The van der Waals surface area contributed by atoms with Gasteiger partial charge < -0.3 is 0 Å². The standard InChI is InChI=1S/C24H32N2/c1-23(10-3-4-11-23)16-19-9-14-25-22(15-19)21-8-7-20(18-26-21)17-24(2)12-5-6-13-24/h7-9,14-15,18H,3-6,10-13,16-17H2,1-2H3. The third-order valence-electron chi connectivity index (χ3n) is 6.79. The molecule has 2 heterocycles. The van der Waals surface area contributed by atoms with Gasteiger partial charge in [-0.25, -0.2) is 0 Å². The van der Waals surface area contributed by atoms with E-state index in [1.165, 1.54) is 68.9 Å². The fourth-order valence-corrected chi connectivity index (χ4v) is 5.20. The minimum atomic E-state index is 0.479. The predicted molar refractivity (Wildman–Crippen MR) is 108 cm³/mol. The number of nitrogens with zero attached hydrogens (tertiary/aromatic N) is 2. The van der Waals surface area contributed by atoms with Crippen molar-refractivity contribution in [1.29, 1.82) is 0 Å². The van der Waals surface area contributed by atoms with E-state index in [9.17, 15) is 0 Å². The van der Waals surface area contributed by atoms with Gasteiger partial charge in [-0.3, -0.25) is 9.97 Å². The van der Waals surface area contributed by atoms with E-state index >= 15 is 0 Å². The molecule has 2 aromatic heterocycles. The van der Waals surface area contributed by atoms with Gasteiger partial charge in [0.1, 0.15) is 0 Å². The molecule has 0 unspecified atom stereocenters. The highest BCUT2D eigenvalue weighted by Gasteiger charge is 2.29. The molecule has 0 atom stereocenters. The third kappa shape index (κ3) is 4.00. The Morgan fingerprint density at radius 3 is 1.92 bits per heavy atom. The number of hydrogen-bond acceptors (Lipinski definition) is 2. The Morgan fingerprint density at radius 2 is 1.35 bits per heavy atom. The highest BCUT2D eigenvalue weighted by molar-refractivity contribution is 5.55. The molecule has 4 rings (SSSR count). The van der Waals surface area contributed by atoms with E-state index in [0.29, 0.717) is 10.8 Å². The molecule has 2 aromatic rings. The molecule has 2 heteroatoms. The topological polar surface area (TPSA) is 25.8 Å². The lowest BCUT2D eigenvalue weighted by Gasteiger charge is -2.23. The third-order valence-corrected chi connectivity index (χ3v) is 6.79. The summed E-state index contributed by atoms with van der Waals surface area (Å²) in [7, 11) is 0. The first-order chi connectivity index (χ1) is 12.5. The van der Waals surface area contributed by atoms with Crippen LogP contribution in [0.3, 0.4) is 0 Å². The van der Waals surface area contributed by atoms with Crippen LogP contribution in [0, 0.1) is 10.8 Å². The van der Waals surface area contributed by atoms with Crippen molar-refractivity contribution in [3.8, 4) is 11.4 Å². The second-order valence-electron chi connectivity index (χ2n) is 9.49. The number of pyridine rings is 2. The summed E-state index contributed by atoms with van der Waals surface area (Å²) in [4.78, 5) is 9.34. The lowest BCUT2D eigenvalue weighted by molar-refractivity contribution is 0.334. The molecule has 2 fully saturated rings. The van der Waals surface area contributed by atoms with Gasteiger partial charge in [-0.05, 0) is 78.7 Å². The van der Waals surface area contributed by atoms with Crippen molar-refractivity contribution >= 4 is 0 Å². The molecule has 138 valence electrons. The Labute approximate surface area is 158 Å². The van der Waals surface area contributed by atoms with Crippen LogP contribution >= 0.6 is 0 Å². The summed E-state index contributed by atoms with van der Waals surface area (Å²) in [5.41, 5.74) is 5.76. The number of aromatic nitrogens is 2. The van der Waals surface area contributed by atoms with Gasteiger partial charge >= 0.3 is 0 Å². The van der Waals surface area contributed by atoms with Crippen LogP contribution in [0.5, 0.6) is 0 Å². The summed E-state index contributed by atoms with van der Waals surface area (Å²) in [6.45, 7) is 4.87. The summed E-state index contributed by atoms with van der Waals surface area (Å²) >= 11 is 0. The number of rotatable bonds is 5. The molecular weight excluding hydrogens is 316 g/mol. The average Bonchev–Trinajstić information content (AvgIpc) is 3.24. The summed E-state index contributed by atoms with van der Waals surface area (Å²) < 4.78 is 0. The molecule has 0 bridgehead atoms. The first-order valence-electron chi connectivity index (χ1n) is 10.4. The van der Waals surface area contributed by atoms with Crippen LogP contribution in [0.2, 0.25) is 0 Å². The largest absolute Gasteiger partial charge is 0.255 e. The quantitative estimate of drug-likeness (QED) is 0.625. The molecule has 0 radical (unpaired) electrons. The van der Waals surface area contributed by atoms with Gasteiger partial charge in [0.05, 0.1) is 11.4 Å². The zero-order chi connectivity index (χ0) is 18.0. The van der Waals surface area contributed by atoms with Crippen LogP contribution in [-0.4, -0.2) is 9.97 Å². The molecule has 2 nitrogen and oxygen atoms in total. The molecule has 0 spiro atoms. The van der Waals surface area contributed by atoms with E-state index in [1.54, 1.807) is 0 Å². The summed E-state index contributed by atoms with van der Waals surface area (Å²) in [5.74, 6) is 0. The van der Waals surface area contributed by atoms with Crippen molar-refractivity contribution in [2.75, 3.05) is 0 Å². The minimum absolute atomic E-state index is 0.479. The second-order valence-corrected chi connectivity index (χ2v) is 9.49. The summed E-state index contributed by atoms with van der Waals surface area (Å²) in [6, 6.07) is 8.86. The number of hydrogen-bond donors (Lipinski definition) is 0. The Kier molecular flexibility index (Phi) is 4.86. The van der Waals surface area contributed by atoms with Gasteiger partial charge in [-0.2, -0.15) is 0 Å². The van der Waals surface area contributed by atoms with E-state index in [4.69, 9.17) is 4.98 Å². The molecule has 2 aliphatic rings. The van der Waals surface area contributed by atoms with Crippen molar-refractivity contribution in [2.24, 2.45) is 10.8 Å². The Bertz CT molecular complexity index is 735. The molecule has 26 heavy (non-hydrogen) atoms.